The molecule has 78 valence electrons. The topological polar surface area (TPSA) is 22.0 Å². The van der Waals surface area contributed by atoms with Crippen LogP contribution in [0, 0.1) is 0 Å². The van der Waals surface area contributed by atoms with Gasteiger partial charge in [-0.15, -0.1) is 0 Å². The molecule has 0 N–H and O–H groups in total. The number of halogens is 2. The van der Waals surface area contributed by atoms with Crippen LogP contribution >= 0.6 is 31.9 Å². The largest absolute Gasteiger partial charge is 0.315 e. The molecule has 14 heavy (non-hydrogen) atoms. The Hall–Kier alpha value is -0.0900. The fourth-order valence-corrected chi connectivity index (χ4v) is 2.01. The number of pyridine rings is 1. The second-order valence-electron chi connectivity index (χ2n) is 3.10. The van der Waals surface area contributed by atoms with Crippen LogP contribution in [0.15, 0.2) is 27.6 Å². The summed E-state index contributed by atoms with van der Waals surface area (Å²) in [4.78, 5) is 11.5. The summed E-state index contributed by atoms with van der Waals surface area (Å²) in [5.41, 5.74) is 0.0614. The molecular weight excluding hydrogens is 310 g/mol. The summed E-state index contributed by atoms with van der Waals surface area (Å²) >= 11 is 6.61. The molecule has 0 radical (unpaired) electrons. The summed E-state index contributed by atoms with van der Waals surface area (Å²) in [5, 5.41) is 1.04. The van der Waals surface area contributed by atoms with Gasteiger partial charge < -0.3 is 4.57 Å². The molecule has 1 rings (SSSR count). The van der Waals surface area contributed by atoms with Crippen molar-refractivity contribution in [1.29, 1.82) is 0 Å². The van der Waals surface area contributed by atoms with Gasteiger partial charge in [0.1, 0.15) is 0 Å². The quantitative estimate of drug-likeness (QED) is 0.603. The van der Waals surface area contributed by atoms with E-state index in [0.29, 0.717) is 4.47 Å². The van der Waals surface area contributed by atoms with E-state index in [-0.39, 0.29) is 5.56 Å². The van der Waals surface area contributed by atoms with E-state index in [2.05, 4.69) is 31.9 Å². The van der Waals surface area contributed by atoms with Crippen LogP contribution in [0.5, 0.6) is 0 Å². The summed E-state index contributed by atoms with van der Waals surface area (Å²) in [6, 6.07) is 3.66. The smallest absolute Gasteiger partial charge is 0.264 e. The molecule has 0 fully saturated rings. The maximum absolute atomic E-state index is 11.5. The highest BCUT2D eigenvalue weighted by Gasteiger charge is 1.98. The van der Waals surface area contributed by atoms with Crippen molar-refractivity contribution in [3.05, 3.63) is 33.2 Å². The van der Waals surface area contributed by atoms with E-state index >= 15 is 0 Å². The molecule has 4 heteroatoms. The van der Waals surface area contributed by atoms with Crippen LogP contribution in [-0.4, -0.2) is 9.90 Å². The van der Waals surface area contributed by atoms with Crippen LogP contribution in [0.25, 0.3) is 0 Å². The van der Waals surface area contributed by atoms with E-state index in [0.717, 1.165) is 24.7 Å². The zero-order valence-corrected chi connectivity index (χ0v) is 11.1. The Kier molecular flexibility index (Phi) is 5.48. The minimum atomic E-state index is 0.0614. The van der Waals surface area contributed by atoms with Crippen molar-refractivity contribution >= 4 is 31.9 Å². The van der Waals surface area contributed by atoms with Gasteiger partial charge >= 0.3 is 0 Å². The molecule has 0 unspecified atom stereocenters. The Morgan fingerprint density at radius 1 is 1.29 bits per heavy atom. The van der Waals surface area contributed by atoms with Gasteiger partial charge in [-0.05, 0) is 40.9 Å². The van der Waals surface area contributed by atoms with Crippen molar-refractivity contribution in [2.45, 2.75) is 25.8 Å². The van der Waals surface area contributed by atoms with Crippen molar-refractivity contribution < 1.29 is 0 Å². The van der Waals surface area contributed by atoms with E-state index < -0.39 is 0 Å². The Labute approximate surface area is 101 Å². The molecule has 0 aliphatic carbocycles. The SMILES string of the molecule is O=c1c(Br)cccn1CCCCCBr. The van der Waals surface area contributed by atoms with Gasteiger partial charge in [-0.1, -0.05) is 22.4 Å². The van der Waals surface area contributed by atoms with Gasteiger partial charge in [-0.3, -0.25) is 4.79 Å². The molecule has 0 saturated carbocycles. The van der Waals surface area contributed by atoms with Gasteiger partial charge in [0.25, 0.3) is 5.56 Å². The van der Waals surface area contributed by atoms with Gasteiger partial charge in [-0.25, -0.2) is 0 Å². The van der Waals surface area contributed by atoms with Crippen LogP contribution in [-0.2, 0) is 6.54 Å². The zero-order chi connectivity index (χ0) is 10.4. The standard InChI is InChI=1S/C10H13Br2NO/c11-6-2-1-3-7-13-8-4-5-9(12)10(13)14/h4-5,8H,1-3,6-7H2. The van der Waals surface area contributed by atoms with Gasteiger partial charge in [0, 0.05) is 18.1 Å². The third kappa shape index (κ3) is 3.58. The van der Waals surface area contributed by atoms with E-state index in [1.165, 1.54) is 6.42 Å². The molecule has 0 saturated heterocycles. The van der Waals surface area contributed by atoms with Crippen LogP contribution < -0.4 is 5.56 Å². The van der Waals surface area contributed by atoms with Gasteiger partial charge in [-0.2, -0.15) is 0 Å². The first kappa shape index (κ1) is 12.0. The molecule has 0 aromatic carbocycles. The molecule has 0 spiro atoms. The normalized spacial score (nSPS) is 10.4. The highest BCUT2D eigenvalue weighted by Crippen LogP contribution is 2.03. The van der Waals surface area contributed by atoms with Crippen molar-refractivity contribution in [2.75, 3.05) is 5.33 Å². The first-order valence-corrected chi connectivity index (χ1v) is 6.58. The average molecular weight is 323 g/mol. The summed E-state index contributed by atoms with van der Waals surface area (Å²) in [6.45, 7) is 0.811. The van der Waals surface area contributed by atoms with Crippen molar-refractivity contribution in [3.8, 4) is 0 Å². The molecule has 1 aromatic heterocycles. The van der Waals surface area contributed by atoms with Crippen LogP contribution in [0.1, 0.15) is 19.3 Å². The third-order valence-corrected chi connectivity index (χ3v) is 3.17. The number of unbranched alkanes of at least 4 members (excludes halogenated alkanes) is 2. The minimum Gasteiger partial charge on any atom is -0.315 e. The fourth-order valence-electron chi connectivity index (χ4n) is 1.24. The first-order valence-electron chi connectivity index (χ1n) is 4.66. The molecular formula is C10H13Br2NO. The monoisotopic (exact) mass is 321 g/mol. The Morgan fingerprint density at radius 2 is 2.07 bits per heavy atom. The maximum atomic E-state index is 11.5. The number of alkyl halides is 1. The summed E-state index contributed by atoms with van der Waals surface area (Å²) in [6.07, 6.45) is 5.22. The lowest BCUT2D eigenvalue weighted by molar-refractivity contribution is 0.588. The summed E-state index contributed by atoms with van der Waals surface area (Å²) in [7, 11) is 0. The maximum Gasteiger partial charge on any atom is 0.264 e. The molecule has 1 heterocycles. The number of rotatable bonds is 5. The van der Waals surface area contributed by atoms with Crippen LogP contribution in [0.4, 0.5) is 0 Å². The van der Waals surface area contributed by atoms with Crippen LogP contribution in [0.2, 0.25) is 0 Å². The number of hydrogen-bond acceptors (Lipinski definition) is 1. The lowest BCUT2D eigenvalue weighted by Crippen LogP contribution is -2.19. The van der Waals surface area contributed by atoms with E-state index in [1.807, 2.05) is 12.3 Å². The predicted octanol–water partition coefficient (Wildman–Crippen LogP) is 3.18. The zero-order valence-electron chi connectivity index (χ0n) is 7.88. The molecule has 0 atom stereocenters. The van der Waals surface area contributed by atoms with Gasteiger partial charge in [0.05, 0.1) is 4.47 Å². The fraction of sp³-hybridized carbons (Fsp3) is 0.500. The summed E-state index contributed by atoms with van der Waals surface area (Å²) < 4.78 is 2.39. The van der Waals surface area contributed by atoms with Crippen molar-refractivity contribution in [2.24, 2.45) is 0 Å². The lowest BCUT2D eigenvalue weighted by Gasteiger charge is -2.04. The molecule has 0 aliphatic heterocycles. The molecule has 0 bridgehead atoms. The lowest BCUT2D eigenvalue weighted by atomic mass is 10.2. The number of aromatic nitrogens is 1. The predicted molar refractivity (Wildman–Crippen MR) is 66.0 cm³/mol. The number of aryl methyl sites for hydroxylation is 1. The second kappa shape index (κ2) is 6.40. The highest BCUT2D eigenvalue weighted by atomic mass is 79.9. The minimum absolute atomic E-state index is 0.0614. The summed E-state index contributed by atoms with van der Waals surface area (Å²) in [5.74, 6) is 0. The third-order valence-electron chi connectivity index (χ3n) is 2.01. The molecule has 1 aromatic rings. The second-order valence-corrected chi connectivity index (χ2v) is 4.75. The van der Waals surface area contributed by atoms with Gasteiger partial charge in [0.2, 0.25) is 0 Å². The average Bonchev–Trinajstić information content (AvgIpc) is 2.19. The molecule has 2 nitrogen and oxygen atoms in total. The van der Waals surface area contributed by atoms with E-state index in [4.69, 9.17) is 0 Å². The molecule has 0 amide bonds. The Balaban J connectivity index is 2.51. The molecule has 0 aliphatic rings. The van der Waals surface area contributed by atoms with E-state index in [9.17, 15) is 4.79 Å². The van der Waals surface area contributed by atoms with Crippen molar-refractivity contribution in [1.82, 2.24) is 4.57 Å². The van der Waals surface area contributed by atoms with Gasteiger partial charge in [0.15, 0.2) is 0 Å². The van der Waals surface area contributed by atoms with Crippen molar-refractivity contribution in [3.63, 3.8) is 0 Å². The highest BCUT2D eigenvalue weighted by molar-refractivity contribution is 9.10. The Bertz CT molecular complexity index is 335. The van der Waals surface area contributed by atoms with Crippen LogP contribution in [0.3, 0.4) is 0 Å². The number of hydrogen-bond donors (Lipinski definition) is 0. The number of nitrogens with zero attached hydrogens (tertiary/aromatic N) is 1. The first-order chi connectivity index (χ1) is 6.75. The Morgan fingerprint density at radius 3 is 2.79 bits per heavy atom. The van der Waals surface area contributed by atoms with E-state index in [1.54, 1.807) is 10.6 Å².